The minimum absolute atomic E-state index is 0.00789. The van der Waals surface area contributed by atoms with Gasteiger partial charge in [0.05, 0.1) is 64.4 Å². The normalized spacial score (nSPS) is 18.2. The van der Waals surface area contributed by atoms with Crippen molar-refractivity contribution in [3.8, 4) is 23.5 Å². The molecule has 0 saturated heterocycles. The fraction of sp³-hybridized carbons (Fsp3) is 0.300. The van der Waals surface area contributed by atoms with Crippen LogP contribution in [0.2, 0.25) is 20.1 Å². The number of pyridine rings is 2. The maximum absolute atomic E-state index is 14.4. The number of imidazole rings is 4. The van der Waals surface area contributed by atoms with Crippen LogP contribution < -0.4 is 20.4 Å². The predicted molar refractivity (Wildman–Crippen MR) is 423 cm³/mol. The molecule has 0 radical (unpaired) electrons. The third-order valence-electron chi connectivity index (χ3n) is 20.9. The zero-order valence-electron chi connectivity index (χ0n) is 62.2. The number of carboxylic acid groups (broad SMARTS) is 2. The number of amides is 4. The van der Waals surface area contributed by atoms with E-state index in [-0.39, 0.29) is 76.8 Å². The third-order valence-corrected chi connectivity index (χ3v) is 22.4. The van der Waals surface area contributed by atoms with E-state index in [0.717, 1.165) is 63.2 Å². The van der Waals surface area contributed by atoms with E-state index in [0.29, 0.717) is 74.7 Å². The Kier molecular flexibility index (Phi) is 24.0. The molecule has 0 unspecified atom stereocenters. The molecule has 2 aliphatic heterocycles. The molecule has 4 fully saturated rings. The number of aromatic nitrogens is 10. The molecule has 16 rings (SSSR count). The van der Waals surface area contributed by atoms with Crippen LogP contribution in [-0.4, -0.2) is 129 Å². The smallest absolute Gasteiger partial charge is 0.475 e. The number of Topliss-reactive ketones (excluding diaryl/α,β-unsaturated/α-hetero) is 2. The van der Waals surface area contributed by atoms with Crippen LogP contribution in [0.1, 0.15) is 133 Å². The highest BCUT2D eigenvalue weighted by Gasteiger charge is 2.60. The number of nitriles is 2. The van der Waals surface area contributed by atoms with Gasteiger partial charge in [0.1, 0.15) is 28.3 Å². The Morgan fingerprint density at radius 1 is 0.530 bits per heavy atom. The van der Waals surface area contributed by atoms with Crippen LogP contribution in [0.3, 0.4) is 0 Å². The molecule has 8 heterocycles. The van der Waals surface area contributed by atoms with Gasteiger partial charge in [-0.3, -0.25) is 47.9 Å². The minimum Gasteiger partial charge on any atom is -0.475 e. The first-order chi connectivity index (χ1) is 55.2. The summed E-state index contributed by atoms with van der Waals surface area (Å²) < 4.78 is 71.6. The molecule has 4 N–H and O–H groups in total. The molecule has 604 valence electrons. The zero-order chi connectivity index (χ0) is 84.7. The van der Waals surface area contributed by atoms with Gasteiger partial charge in [0.15, 0.2) is 11.6 Å². The number of anilines is 4. The van der Waals surface area contributed by atoms with Gasteiger partial charge in [0.25, 0.3) is 23.6 Å². The summed E-state index contributed by atoms with van der Waals surface area (Å²) >= 11 is 27.5. The molecule has 4 saturated carbocycles. The number of carboxylic acids is 2. The lowest BCUT2D eigenvalue weighted by molar-refractivity contribution is -0.193. The van der Waals surface area contributed by atoms with Crippen molar-refractivity contribution in [2.45, 2.75) is 136 Å². The second-order valence-electron chi connectivity index (χ2n) is 29.4. The summed E-state index contributed by atoms with van der Waals surface area (Å²) in [6.07, 6.45) is 11.9. The number of benzene rings is 4. The van der Waals surface area contributed by atoms with Gasteiger partial charge in [-0.25, -0.2) is 39.3 Å². The van der Waals surface area contributed by atoms with E-state index in [1.165, 1.54) is 22.2 Å². The monoisotopic (exact) mass is 1790 g/mol. The topological polar surface area (TPSA) is 352 Å². The fourth-order valence-corrected chi connectivity index (χ4v) is 15.4. The van der Waals surface area contributed by atoms with E-state index in [2.05, 4.69) is 70.3 Å². The van der Waals surface area contributed by atoms with E-state index >= 15 is 0 Å². The van der Waals surface area contributed by atoms with Gasteiger partial charge < -0.3 is 30.0 Å². The van der Waals surface area contributed by atoms with E-state index in [4.69, 9.17) is 71.2 Å². The van der Waals surface area contributed by atoms with Crippen molar-refractivity contribution in [1.29, 1.82) is 10.5 Å². The Hall–Kier alpha value is -11.4. The molecule has 4 aliphatic carbocycles. The molecular weight excluding hydrogens is 1730 g/mol. The lowest BCUT2D eigenvalue weighted by atomic mass is 9.90. The highest BCUT2D eigenvalue weighted by atomic mass is 127. The van der Waals surface area contributed by atoms with Crippen molar-refractivity contribution in [2.24, 2.45) is 14.1 Å². The number of ketones is 2. The maximum Gasteiger partial charge on any atom is 0.490 e. The summed E-state index contributed by atoms with van der Waals surface area (Å²) in [6.45, 7) is 3.51. The number of nitrogens with one attached hydrogen (secondary N) is 2. The van der Waals surface area contributed by atoms with Crippen molar-refractivity contribution in [3.05, 3.63) is 234 Å². The van der Waals surface area contributed by atoms with E-state index in [1.54, 1.807) is 133 Å². The molecule has 6 aliphatic rings. The molecule has 6 aromatic heterocycles. The summed E-state index contributed by atoms with van der Waals surface area (Å²) in [5.41, 5.74) is 1.17. The summed E-state index contributed by atoms with van der Waals surface area (Å²) in [5.74, 6) is -5.91. The zero-order valence-corrected chi connectivity index (χ0v) is 67.3. The largest absolute Gasteiger partial charge is 0.490 e. The summed E-state index contributed by atoms with van der Waals surface area (Å²) in [7, 11) is 3.87. The number of hydrogen-bond donors (Lipinski definition) is 4. The SMILES string of the molecule is C[C@@]1(Cc2ccc(C#N)cc2)C(=O)N(c2cc(Cl)cc(Cl)c2)c2ncc(C(=O)NC3(C(=O)CC4(c5ccc(I)cn5)CC4)CC3)n21.Cn1ccnc1.Cn1ccnc1-c1ccc(C2(CC(=O)C3(NC(=O)c4cnc5n4[C@](C)(Cc4ccc(C#N)cc4)C(=O)N5c4cc(Cl)cc(Cl)c4)CC3)CC2)nc1.O=C(O)C(F)(F)F.O=C(O)C(F)(F)F. The number of aryl methyl sites for hydroxylation is 2. The third kappa shape index (κ3) is 18.3. The number of halogens is 11. The van der Waals surface area contributed by atoms with Crippen molar-refractivity contribution in [2.75, 3.05) is 9.80 Å². The number of rotatable bonds is 19. The Morgan fingerprint density at radius 3 is 1.21 bits per heavy atom. The fourth-order valence-electron chi connectivity index (χ4n) is 14.0. The van der Waals surface area contributed by atoms with E-state index in [1.807, 2.05) is 66.1 Å². The van der Waals surface area contributed by atoms with Crippen LogP contribution in [-0.2, 0) is 77.6 Å². The summed E-state index contributed by atoms with van der Waals surface area (Å²) in [6, 6.07) is 35.7. The van der Waals surface area contributed by atoms with E-state index in [9.17, 15) is 65.6 Å². The second kappa shape index (κ2) is 33.0. The number of carbonyl (C=O) groups is 8. The Morgan fingerprint density at radius 2 is 0.923 bits per heavy atom. The second-order valence-corrected chi connectivity index (χ2v) is 32.4. The Bertz CT molecular complexity index is 5580. The minimum atomic E-state index is -5.08. The quantitative estimate of drug-likeness (QED) is 0.0431. The number of nitrogens with zero attached hydrogens (tertiary/aromatic N) is 14. The Labute approximate surface area is 696 Å². The number of alkyl halides is 6. The molecule has 0 spiro atoms. The van der Waals surface area contributed by atoms with Gasteiger partial charge >= 0.3 is 24.3 Å². The molecule has 10 aromatic rings. The van der Waals surface area contributed by atoms with Crippen LogP contribution in [0.5, 0.6) is 0 Å². The van der Waals surface area contributed by atoms with Crippen LogP contribution in [0.25, 0.3) is 11.4 Å². The average molecular weight is 1800 g/mol. The highest BCUT2D eigenvalue weighted by molar-refractivity contribution is 14.1. The lowest BCUT2D eigenvalue weighted by Crippen LogP contribution is -2.47. The first kappa shape index (κ1) is 85.0. The van der Waals surface area contributed by atoms with Crippen LogP contribution in [0, 0.1) is 26.2 Å². The molecule has 4 amide bonds. The van der Waals surface area contributed by atoms with Gasteiger partial charge in [-0.15, -0.1) is 0 Å². The number of carbonyl (C=O) groups excluding carboxylic acids is 6. The lowest BCUT2D eigenvalue weighted by Gasteiger charge is -2.27. The maximum atomic E-state index is 14.4. The van der Waals surface area contributed by atoms with Crippen molar-refractivity contribution in [3.63, 3.8) is 0 Å². The van der Waals surface area contributed by atoms with Gasteiger partial charge in [0.2, 0.25) is 11.9 Å². The molecule has 4 aromatic carbocycles. The summed E-state index contributed by atoms with van der Waals surface area (Å²) in [5, 5.41) is 40.3. The average Bonchev–Trinajstić information content (AvgIpc) is 1.56. The van der Waals surface area contributed by atoms with Gasteiger partial charge in [-0.2, -0.15) is 36.9 Å². The Balaban J connectivity index is 0.000000175. The molecular formula is C80H67Cl4F6IN16O10. The predicted octanol–water partition coefficient (Wildman–Crippen LogP) is 14.8. The van der Waals surface area contributed by atoms with Crippen molar-refractivity contribution in [1.82, 2.24) is 58.8 Å². The van der Waals surface area contributed by atoms with E-state index < -0.39 is 58.3 Å². The first-order valence-electron chi connectivity index (χ1n) is 35.8. The van der Waals surface area contributed by atoms with Gasteiger partial charge in [0, 0.05) is 128 Å². The molecule has 0 bridgehead atoms. The summed E-state index contributed by atoms with van der Waals surface area (Å²) in [4.78, 5) is 132. The van der Waals surface area contributed by atoms with Crippen LogP contribution in [0.4, 0.5) is 49.6 Å². The number of hydrogen-bond acceptors (Lipinski definition) is 16. The highest BCUT2D eigenvalue weighted by Crippen LogP contribution is 2.55. The number of fused-ring (bicyclic) bond motifs is 2. The number of aliphatic carboxylic acids is 2. The molecule has 26 nitrogen and oxygen atoms in total. The van der Waals surface area contributed by atoms with Crippen molar-refractivity contribution < 1.29 is 74.9 Å². The molecule has 2 atom stereocenters. The molecule has 117 heavy (non-hydrogen) atoms. The first-order valence-corrected chi connectivity index (χ1v) is 38.4. The standard InChI is InChI=1S/C38H32Cl2N8O3.C34H27Cl2IN6O3.C4H6N2.2C2HF3O2/c1-36(18-23-3-5-24(20-41)6-4-23)34(51)47(28-16-26(39)15-27(40)17-28)35-44-22-29(48(35)36)33(50)45-38(11-12-38)31(49)19-37(9-10-37)30-8-7-25(21-43-30)32-42-13-14-46(32)2;1-32(15-20-2-4-21(17-38)5-3-20)30(46)42(25-13-22(35)12-23(36)14-25)31-40-19-26(43(31)32)29(45)41-34(10-11-34)28(44)16-33(8-9-33)27-7-6-24(37)18-39-27;1-6-3-2-5-4-6;2*3-2(4,5)1(6)7/h3-8,13-17,21-22H,9-12,18-19H2,1-2H3,(H,45,50);2-7,12-14,18-19H,8-11,15-16H2,1H3,(H,41,45);2-4H,1H3;2*(H,6,7)/t36-;32-;;;/m11.../s1. The van der Waals surface area contributed by atoms with Crippen molar-refractivity contribution >= 4 is 139 Å². The van der Waals surface area contributed by atoms with Crippen LogP contribution >= 0.6 is 69.0 Å². The molecule has 37 heteroatoms. The van der Waals surface area contributed by atoms with Gasteiger partial charge in [-0.05, 0) is 184 Å². The van der Waals surface area contributed by atoms with Crippen LogP contribution in [0.15, 0.2) is 165 Å². The van der Waals surface area contributed by atoms with Gasteiger partial charge in [-0.1, -0.05) is 70.7 Å².